The highest BCUT2D eigenvalue weighted by Gasteiger charge is 2.27. The van der Waals surface area contributed by atoms with Crippen molar-refractivity contribution in [2.45, 2.75) is 31.2 Å². The van der Waals surface area contributed by atoms with E-state index in [9.17, 15) is 13.2 Å². The number of hydrogen-bond donors (Lipinski definition) is 2. The smallest absolute Gasteiger partial charge is 0.243 e. The lowest BCUT2D eigenvalue weighted by Gasteiger charge is -2.36. The number of likely N-dealkylation sites (N-methyl/N-ethyl adjacent to an activating group) is 1. The normalized spacial score (nSPS) is 15.7. The van der Waals surface area contributed by atoms with Gasteiger partial charge >= 0.3 is 0 Å². The summed E-state index contributed by atoms with van der Waals surface area (Å²) in [4.78, 5) is 18.2. The maximum Gasteiger partial charge on any atom is 0.243 e. The molecule has 1 aliphatic heterocycles. The topological polar surface area (TPSA) is 81.8 Å². The summed E-state index contributed by atoms with van der Waals surface area (Å²) < 4.78 is 30.1. The van der Waals surface area contributed by atoms with E-state index < -0.39 is 16.1 Å². The standard InChI is InChI=1S/C26H32N4O3S2/c1-3-29-13-15-30(16-14-29)24-12-11-22(27-26(31)19-23-10-7-17-34-23)18-25(24)35(32,33)28-20(2)21-8-5-4-6-9-21/h4-12,17-18,20,28H,3,13-16,19H2,1-2H3,(H,27,31)/t20-/m0/s1. The van der Waals surface area contributed by atoms with Crippen LogP contribution in [-0.4, -0.2) is 51.9 Å². The second-order valence-electron chi connectivity index (χ2n) is 8.66. The zero-order chi connectivity index (χ0) is 24.8. The number of carbonyl (C=O) groups excluding carboxylic acids is 1. The number of carbonyl (C=O) groups is 1. The molecular formula is C26H32N4O3S2. The molecule has 2 heterocycles. The van der Waals surface area contributed by atoms with Gasteiger partial charge in [0.05, 0.1) is 12.1 Å². The second-order valence-corrected chi connectivity index (χ2v) is 11.4. The number of benzene rings is 2. The molecule has 1 saturated heterocycles. The van der Waals surface area contributed by atoms with Gasteiger partial charge in [0.25, 0.3) is 0 Å². The van der Waals surface area contributed by atoms with Crippen LogP contribution in [-0.2, 0) is 21.2 Å². The van der Waals surface area contributed by atoms with Crippen LogP contribution in [0.15, 0.2) is 70.9 Å². The van der Waals surface area contributed by atoms with E-state index in [0.29, 0.717) is 11.4 Å². The molecule has 7 nitrogen and oxygen atoms in total. The van der Waals surface area contributed by atoms with E-state index in [4.69, 9.17) is 0 Å². The maximum absolute atomic E-state index is 13.6. The predicted molar refractivity (Wildman–Crippen MR) is 143 cm³/mol. The molecule has 0 aliphatic carbocycles. The van der Waals surface area contributed by atoms with Crippen molar-refractivity contribution in [3.8, 4) is 0 Å². The third kappa shape index (κ3) is 6.49. The Bertz CT molecular complexity index is 1220. The SMILES string of the molecule is CCN1CCN(c2ccc(NC(=O)Cc3cccs3)cc2S(=O)(=O)N[C@@H](C)c2ccccc2)CC1. The van der Waals surface area contributed by atoms with Gasteiger partial charge in [-0.3, -0.25) is 4.79 Å². The molecule has 1 atom stereocenters. The van der Waals surface area contributed by atoms with Crippen LogP contribution in [0.2, 0.25) is 0 Å². The molecule has 2 N–H and O–H groups in total. The van der Waals surface area contributed by atoms with Gasteiger partial charge in [-0.1, -0.05) is 43.3 Å². The molecule has 0 saturated carbocycles. The van der Waals surface area contributed by atoms with Gasteiger partial charge in [0, 0.05) is 42.8 Å². The molecule has 1 aromatic heterocycles. The fraction of sp³-hybridized carbons (Fsp3) is 0.346. The average Bonchev–Trinajstić information content (AvgIpc) is 3.37. The van der Waals surface area contributed by atoms with E-state index in [0.717, 1.165) is 43.2 Å². The van der Waals surface area contributed by atoms with Crippen molar-refractivity contribution < 1.29 is 13.2 Å². The van der Waals surface area contributed by atoms with E-state index in [1.54, 1.807) is 12.1 Å². The van der Waals surface area contributed by atoms with Crippen LogP contribution < -0.4 is 14.9 Å². The van der Waals surface area contributed by atoms with Gasteiger partial charge in [-0.2, -0.15) is 0 Å². The Labute approximate surface area is 211 Å². The van der Waals surface area contributed by atoms with E-state index in [-0.39, 0.29) is 17.2 Å². The van der Waals surface area contributed by atoms with Crippen LogP contribution in [0.5, 0.6) is 0 Å². The third-order valence-corrected chi connectivity index (χ3v) is 8.69. The average molecular weight is 513 g/mol. The summed E-state index contributed by atoms with van der Waals surface area (Å²) >= 11 is 1.52. The van der Waals surface area contributed by atoms with Gasteiger partial charge in [0.2, 0.25) is 15.9 Å². The monoisotopic (exact) mass is 512 g/mol. The summed E-state index contributed by atoms with van der Waals surface area (Å²) in [6, 6.07) is 18.1. The number of rotatable bonds is 9. The summed E-state index contributed by atoms with van der Waals surface area (Å²) in [5.74, 6) is -0.175. The number of thiophene rings is 1. The van der Waals surface area contributed by atoms with Crippen LogP contribution >= 0.6 is 11.3 Å². The number of sulfonamides is 1. The van der Waals surface area contributed by atoms with Gasteiger partial charge in [-0.05, 0) is 48.7 Å². The molecular weight excluding hydrogens is 480 g/mol. The lowest BCUT2D eigenvalue weighted by molar-refractivity contribution is -0.115. The van der Waals surface area contributed by atoms with Crippen LogP contribution in [0.1, 0.15) is 30.3 Å². The van der Waals surface area contributed by atoms with Gasteiger partial charge in [-0.25, -0.2) is 13.1 Å². The van der Waals surface area contributed by atoms with Gasteiger partial charge < -0.3 is 15.1 Å². The molecule has 3 aromatic rings. The minimum Gasteiger partial charge on any atom is -0.368 e. The Morgan fingerprint density at radius 1 is 1.03 bits per heavy atom. The molecule has 0 spiro atoms. The summed E-state index contributed by atoms with van der Waals surface area (Å²) in [7, 11) is -3.87. The first-order valence-corrected chi connectivity index (χ1v) is 14.2. The predicted octanol–water partition coefficient (Wildman–Crippen LogP) is 4.11. The number of piperazine rings is 1. The van der Waals surface area contributed by atoms with E-state index in [1.807, 2.05) is 60.8 Å². The van der Waals surface area contributed by atoms with Crippen molar-refractivity contribution in [3.05, 3.63) is 76.5 Å². The Morgan fingerprint density at radius 2 is 1.77 bits per heavy atom. The van der Waals surface area contributed by atoms with Crippen LogP contribution in [0.4, 0.5) is 11.4 Å². The maximum atomic E-state index is 13.6. The molecule has 2 aromatic carbocycles. The minimum absolute atomic E-state index is 0.175. The van der Waals surface area contributed by atoms with Crippen LogP contribution in [0.25, 0.3) is 0 Å². The first-order valence-electron chi connectivity index (χ1n) is 11.9. The molecule has 1 fully saturated rings. The number of anilines is 2. The summed E-state index contributed by atoms with van der Waals surface area (Å²) in [6.07, 6.45) is 0.254. The van der Waals surface area contributed by atoms with Gasteiger partial charge in [0.1, 0.15) is 4.90 Å². The van der Waals surface area contributed by atoms with E-state index in [2.05, 4.69) is 26.8 Å². The molecule has 35 heavy (non-hydrogen) atoms. The molecule has 0 bridgehead atoms. The highest BCUT2D eigenvalue weighted by molar-refractivity contribution is 7.89. The van der Waals surface area contributed by atoms with Crippen LogP contribution in [0, 0.1) is 0 Å². The van der Waals surface area contributed by atoms with Crippen molar-refractivity contribution in [2.75, 3.05) is 42.9 Å². The number of amides is 1. The van der Waals surface area contributed by atoms with Gasteiger partial charge in [-0.15, -0.1) is 11.3 Å². The zero-order valence-electron chi connectivity index (χ0n) is 20.1. The Kier molecular flexibility index (Phi) is 8.22. The number of nitrogens with zero attached hydrogens (tertiary/aromatic N) is 2. The van der Waals surface area contributed by atoms with Crippen molar-refractivity contribution in [2.24, 2.45) is 0 Å². The fourth-order valence-corrected chi connectivity index (χ4v) is 6.44. The van der Waals surface area contributed by atoms with Crippen molar-refractivity contribution in [1.82, 2.24) is 9.62 Å². The van der Waals surface area contributed by atoms with E-state index in [1.165, 1.54) is 11.3 Å². The Balaban J connectivity index is 1.61. The second kappa shape index (κ2) is 11.3. The molecule has 0 unspecified atom stereocenters. The molecule has 9 heteroatoms. The first kappa shape index (κ1) is 25.4. The lowest BCUT2D eigenvalue weighted by atomic mass is 10.1. The number of nitrogens with one attached hydrogen (secondary N) is 2. The summed E-state index contributed by atoms with van der Waals surface area (Å²) in [6.45, 7) is 8.19. The number of hydrogen-bond acceptors (Lipinski definition) is 6. The lowest BCUT2D eigenvalue weighted by Crippen LogP contribution is -2.46. The quantitative estimate of drug-likeness (QED) is 0.451. The van der Waals surface area contributed by atoms with Crippen molar-refractivity contribution in [3.63, 3.8) is 0 Å². The van der Waals surface area contributed by atoms with E-state index >= 15 is 0 Å². The highest BCUT2D eigenvalue weighted by atomic mass is 32.2. The van der Waals surface area contributed by atoms with Crippen molar-refractivity contribution in [1.29, 1.82) is 0 Å². The summed E-state index contributed by atoms with van der Waals surface area (Å²) in [5, 5.41) is 4.80. The molecule has 1 aliphatic rings. The summed E-state index contributed by atoms with van der Waals surface area (Å²) in [5.41, 5.74) is 2.01. The molecule has 1 amide bonds. The van der Waals surface area contributed by atoms with Crippen molar-refractivity contribution >= 4 is 38.6 Å². The van der Waals surface area contributed by atoms with Gasteiger partial charge in [0.15, 0.2) is 0 Å². The largest absolute Gasteiger partial charge is 0.368 e. The highest BCUT2D eigenvalue weighted by Crippen LogP contribution is 2.31. The fourth-order valence-electron chi connectivity index (χ4n) is 4.26. The molecule has 4 rings (SSSR count). The Morgan fingerprint density at radius 3 is 2.43 bits per heavy atom. The molecule has 186 valence electrons. The Hall–Kier alpha value is -2.72. The molecule has 0 radical (unpaired) electrons. The third-order valence-electron chi connectivity index (χ3n) is 6.24. The first-order chi connectivity index (χ1) is 16.9. The zero-order valence-corrected chi connectivity index (χ0v) is 21.7. The minimum atomic E-state index is -3.87. The van der Waals surface area contributed by atoms with Crippen LogP contribution in [0.3, 0.4) is 0 Å².